The first-order chi connectivity index (χ1) is 7.74. The van der Waals surface area contributed by atoms with Gasteiger partial charge in [0.25, 0.3) is 11.2 Å². The molecule has 0 fully saturated rings. The minimum atomic E-state index is -5.09. The molecule has 0 aromatic carbocycles. The number of H-pyrrole nitrogens is 1. The van der Waals surface area contributed by atoms with Crippen LogP contribution < -0.4 is 10.3 Å². The van der Waals surface area contributed by atoms with Gasteiger partial charge in [0.2, 0.25) is 5.88 Å². The molecule has 0 aliphatic rings. The summed E-state index contributed by atoms with van der Waals surface area (Å²) < 4.78 is 38.8. The Hall–Kier alpha value is -2.10. The van der Waals surface area contributed by atoms with Gasteiger partial charge in [0, 0.05) is 0 Å². The summed E-state index contributed by atoms with van der Waals surface area (Å²) in [4.78, 5) is 22.1. The van der Waals surface area contributed by atoms with E-state index in [1.165, 1.54) is 0 Å². The zero-order valence-electron chi connectivity index (χ0n) is 7.95. The van der Waals surface area contributed by atoms with E-state index in [2.05, 4.69) is 4.74 Å². The Bertz CT molecular complexity index is 495. The number of aromatic amines is 1. The number of pyridine rings is 1. The van der Waals surface area contributed by atoms with Crippen LogP contribution >= 0.6 is 0 Å². The van der Waals surface area contributed by atoms with Gasteiger partial charge >= 0.3 is 6.36 Å². The Balaban J connectivity index is 3.30. The summed E-state index contributed by atoms with van der Waals surface area (Å²) in [5, 5.41) is 19.1. The van der Waals surface area contributed by atoms with Gasteiger partial charge in [-0.2, -0.15) is 0 Å². The van der Waals surface area contributed by atoms with Crippen molar-refractivity contribution in [3.63, 3.8) is 0 Å². The van der Waals surface area contributed by atoms with Crippen molar-refractivity contribution >= 4 is 5.69 Å². The van der Waals surface area contributed by atoms with Crippen LogP contribution in [0.25, 0.3) is 0 Å². The van der Waals surface area contributed by atoms with Crippen LogP contribution in [0.4, 0.5) is 18.9 Å². The average molecular weight is 254 g/mol. The van der Waals surface area contributed by atoms with Crippen molar-refractivity contribution < 1.29 is 27.9 Å². The quantitative estimate of drug-likeness (QED) is 0.609. The molecule has 1 aromatic rings. The first-order valence-electron chi connectivity index (χ1n) is 4.02. The van der Waals surface area contributed by atoms with Crippen LogP contribution in [-0.2, 0) is 6.61 Å². The fourth-order valence-corrected chi connectivity index (χ4v) is 1.05. The summed E-state index contributed by atoms with van der Waals surface area (Å²) in [6, 6.07) is 0.375. The Morgan fingerprint density at radius 3 is 2.53 bits per heavy atom. The van der Waals surface area contributed by atoms with E-state index in [1.54, 1.807) is 4.98 Å². The molecule has 1 aromatic heterocycles. The Morgan fingerprint density at radius 2 is 2.12 bits per heavy atom. The van der Waals surface area contributed by atoms with Gasteiger partial charge in [-0.1, -0.05) is 0 Å². The highest BCUT2D eigenvalue weighted by atomic mass is 19.4. The van der Waals surface area contributed by atoms with Crippen molar-refractivity contribution in [3.8, 4) is 5.88 Å². The SMILES string of the molecule is O=c1[nH]c(OC(F)(F)F)cc([N+](=O)[O-])c1CO. The van der Waals surface area contributed by atoms with Gasteiger partial charge < -0.3 is 9.84 Å². The van der Waals surface area contributed by atoms with E-state index in [-0.39, 0.29) is 0 Å². The number of ether oxygens (including phenoxy) is 1. The highest BCUT2D eigenvalue weighted by molar-refractivity contribution is 5.41. The van der Waals surface area contributed by atoms with Gasteiger partial charge in [0.15, 0.2) is 0 Å². The first kappa shape index (κ1) is 13.0. The fraction of sp³-hybridized carbons (Fsp3) is 0.286. The van der Waals surface area contributed by atoms with Crippen LogP contribution in [0.5, 0.6) is 5.88 Å². The first-order valence-corrected chi connectivity index (χ1v) is 4.02. The number of hydrogen-bond donors (Lipinski definition) is 2. The molecule has 0 bridgehead atoms. The number of nitrogens with one attached hydrogen (secondary N) is 1. The summed E-state index contributed by atoms with van der Waals surface area (Å²) in [7, 11) is 0. The number of nitrogens with zero attached hydrogens (tertiary/aromatic N) is 1. The summed E-state index contributed by atoms with van der Waals surface area (Å²) >= 11 is 0. The maximum atomic E-state index is 11.8. The molecule has 0 amide bonds. The smallest absolute Gasteiger partial charge is 0.391 e. The molecule has 17 heavy (non-hydrogen) atoms. The second kappa shape index (κ2) is 4.41. The van der Waals surface area contributed by atoms with Crippen LogP contribution in [0, 0.1) is 10.1 Å². The molecule has 0 spiro atoms. The summed E-state index contributed by atoms with van der Waals surface area (Å²) in [5.74, 6) is -1.12. The van der Waals surface area contributed by atoms with E-state index >= 15 is 0 Å². The Morgan fingerprint density at radius 1 is 1.53 bits per heavy atom. The molecule has 0 radical (unpaired) electrons. The fourth-order valence-electron chi connectivity index (χ4n) is 1.05. The summed E-state index contributed by atoms with van der Waals surface area (Å²) in [5.41, 5.74) is -2.82. The van der Waals surface area contributed by atoms with Crippen LogP contribution in [0.1, 0.15) is 5.56 Å². The van der Waals surface area contributed by atoms with Crippen LogP contribution in [0.3, 0.4) is 0 Å². The monoisotopic (exact) mass is 254 g/mol. The van der Waals surface area contributed by atoms with Gasteiger partial charge in [0.05, 0.1) is 17.6 Å². The highest BCUT2D eigenvalue weighted by Crippen LogP contribution is 2.24. The average Bonchev–Trinajstić information content (AvgIpc) is 2.13. The summed E-state index contributed by atoms with van der Waals surface area (Å²) in [6.07, 6.45) is -5.09. The predicted molar refractivity (Wildman–Crippen MR) is 46.3 cm³/mol. The van der Waals surface area contributed by atoms with Crippen molar-refractivity contribution in [2.75, 3.05) is 0 Å². The minimum Gasteiger partial charge on any atom is -0.391 e. The molecule has 10 heteroatoms. The van der Waals surface area contributed by atoms with E-state index in [9.17, 15) is 28.1 Å². The molecule has 0 unspecified atom stereocenters. The van der Waals surface area contributed by atoms with Gasteiger partial charge in [-0.3, -0.25) is 19.9 Å². The van der Waals surface area contributed by atoms with E-state index in [0.717, 1.165) is 0 Å². The van der Waals surface area contributed by atoms with Gasteiger partial charge in [-0.15, -0.1) is 13.2 Å². The summed E-state index contributed by atoms with van der Waals surface area (Å²) in [6.45, 7) is -0.974. The van der Waals surface area contributed by atoms with E-state index in [0.29, 0.717) is 6.07 Å². The van der Waals surface area contributed by atoms with E-state index in [1.807, 2.05) is 0 Å². The molecular formula is C7H5F3N2O5. The van der Waals surface area contributed by atoms with Crippen molar-refractivity contribution in [3.05, 3.63) is 32.1 Å². The normalized spacial score (nSPS) is 11.3. The van der Waals surface area contributed by atoms with Crippen LogP contribution in [0.2, 0.25) is 0 Å². The molecule has 1 rings (SSSR count). The number of aliphatic hydroxyl groups is 1. The number of nitro groups is 1. The lowest BCUT2D eigenvalue weighted by Crippen LogP contribution is -2.22. The third-order valence-electron chi connectivity index (χ3n) is 1.67. The lowest BCUT2D eigenvalue weighted by atomic mass is 10.2. The van der Waals surface area contributed by atoms with Crippen LogP contribution in [0.15, 0.2) is 10.9 Å². The second-order valence-electron chi connectivity index (χ2n) is 2.79. The van der Waals surface area contributed by atoms with Crippen molar-refractivity contribution in [2.45, 2.75) is 13.0 Å². The lowest BCUT2D eigenvalue weighted by Gasteiger charge is -2.08. The third kappa shape index (κ3) is 3.17. The largest absolute Gasteiger partial charge is 0.574 e. The van der Waals surface area contributed by atoms with E-state index < -0.39 is 40.6 Å². The van der Waals surface area contributed by atoms with Crippen LogP contribution in [-0.4, -0.2) is 21.4 Å². The topological polar surface area (TPSA) is 105 Å². The molecule has 0 aliphatic carbocycles. The van der Waals surface area contributed by atoms with Gasteiger partial charge in [-0.05, 0) is 0 Å². The third-order valence-corrected chi connectivity index (χ3v) is 1.67. The maximum Gasteiger partial charge on any atom is 0.574 e. The number of rotatable bonds is 3. The number of aliphatic hydroxyl groups excluding tert-OH is 1. The molecular weight excluding hydrogens is 249 g/mol. The lowest BCUT2D eigenvalue weighted by molar-refractivity contribution is -0.386. The Labute approximate surface area is 90.6 Å². The molecule has 0 atom stereocenters. The van der Waals surface area contributed by atoms with Gasteiger partial charge in [0.1, 0.15) is 5.56 Å². The predicted octanol–water partition coefficient (Wildman–Crippen LogP) is 0.674. The number of halogens is 3. The molecule has 0 saturated carbocycles. The number of hydrogen-bond acceptors (Lipinski definition) is 5. The maximum absolute atomic E-state index is 11.8. The van der Waals surface area contributed by atoms with E-state index in [4.69, 9.17) is 5.11 Å². The minimum absolute atomic E-state index is 0.375. The Kier molecular flexibility index (Phi) is 3.36. The highest BCUT2D eigenvalue weighted by Gasteiger charge is 2.33. The van der Waals surface area contributed by atoms with Crippen molar-refractivity contribution in [2.24, 2.45) is 0 Å². The van der Waals surface area contributed by atoms with Crippen molar-refractivity contribution in [1.82, 2.24) is 4.98 Å². The molecule has 0 saturated heterocycles. The molecule has 2 N–H and O–H groups in total. The number of aromatic nitrogens is 1. The zero-order chi connectivity index (χ0) is 13.2. The standard InChI is InChI=1S/C7H5F3N2O5/c8-7(9,10)17-5-1-4(12(15)16)3(2-13)6(14)11-5/h1,13H,2H2,(H,11,14). The molecule has 1 heterocycles. The zero-order valence-corrected chi connectivity index (χ0v) is 7.95. The van der Waals surface area contributed by atoms with Gasteiger partial charge in [-0.25, -0.2) is 0 Å². The molecule has 7 nitrogen and oxygen atoms in total. The molecule has 0 aliphatic heterocycles. The number of alkyl halides is 3. The second-order valence-corrected chi connectivity index (χ2v) is 2.79. The van der Waals surface area contributed by atoms with Crippen molar-refractivity contribution in [1.29, 1.82) is 0 Å². The molecule has 94 valence electrons.